The van der Waals surface area contributed by atoms with Gasteiger partial charge in [0.25, 0.3) is 0 Å². The zero-order valence-electron chi connectivity index (χ0n) is 13.6. The number of aromatic carboxylic acids is 1. The van der Waals surface area contributed by atoms with Crippen molar-refractivity contribution in [3.8, 4) is 0 Å². The topological polar surface area (TPSA) is 92.2 Å². The number of carbonyl (C=O) groups excluding carboxylic acids is 1. The van der Waals surface area contributed by atoms with Crippen molar-refractivity contribution >= 4 is 33.6 Å². The van der Waals surface area contributed by atoms with E-state index in [2.05, 4.69) is 15.3 Å². The van der Waals surface area contributed by atoms with Crippen LogP contribution in [0.15, 0.2) is 36.4 Å². The Kier molecular flexibility index (Phi) is 5.08. The molecule has 6 nitrogen and oxygen atoms in total. The summed E-state index contributed by atoms with van der Waals surface area (Å²) in [5.74, 6) is -1.45. The van der Waals surface area contributed by atoms with Crippen LogP contribution in [-0.4, -0.2) is 27.0 Å². The highest BCUT2D eigenvalue weighted by molar-refractivity contribution is 7.18. The normalized spacial score (nSPS) is 11.5. The van der Waals surface area contributed by atoms with Crippen LogP contribution in [0.4, 0.5) is 13.2 Å². The minimum atomic E-state index is -4.54. The molecule has 27 heavy (non-hydrogen) atoms. The molecule has 0 saturated heterocycles. The molecule has 0 spiro atoms. The fourth-order valence-corrected chi connectivity index (χ4v) is 3.24. The van der Waals surface area contributed by atoms with Gasteiger partial charge in [-0.3, -0.25) is 4.79 Å². The number of thiazole rings is 1. The molecule has 10 heteroatoms. The van der Waals surface area contributed by atoms with Gasteiger partial charge in [-0.15, -0.1) is 0 Å². The van der Waals surface area contributed by atoms with Crippen molar-refractivity contribution in [2.45, 2.75) is 19.1 Å². The number of pyridine rings is 1. The van der Waals surface area contributed by atoms with Gasteiger partial charge in [0.1, 0.15) is 21.0 Å². The lowest BCUT2D eigenvalue weighted by atomic mass is 10.1. The van der Waals surface area contributed by atoms with Crippen LogP contribution in [0.5, 0.6) is 0 Å². The van der Waals surface area contributed by atoms with Gasteiger partial charge in [0.05, 0.1) is 12.0 Å². The number of aromatic nitrogens is 2. The lowest BCUT2D eigenvalue weighted by Crippen LogP contribution is -2.24. The zero-order chi connectivity index (χ0) is 19.6. The number of alkyl halides is 3. The molecule has 0 aliphatic carbocycles. The van der Waals surface area contributed by atoms with Crippen LogP contribution >= 0.6 is 11.3 Å². The van der Waals surface area contributed by atoms with E-state index in [1.807, 2.05) is 0 Å². The van der Waals surface area contributed by atoms with E-state index in [0.717, 1.165) is 17.4 Å². The van der Waals surface area contributed by atoms with Gasteiger partial charge in [0.2, 0.25) is 5.91 Å². The van der Waals surface area contributed by atoms with E-state index < -0.39 is 17.8 Å². The fraction of sp³-hybridized carbons (Fsp3) is 0.176. The smallest absolute Gasteiger partial charge is 0.433 e. The van der Waals surface area contributed by atoms with Crippen LogP contribution in [0, 0.1) is 0 Å². The second kappa shape index (κ2) is 7.31. The quantitative estimate of drug-likeness (QED) is 0.692. The average Bonchev–Trinajstić information content (AvgIpc) is 3.00. The molecule has 0 atom stereocenters. The summed E-state index contributed by atoms with van der Waals surface area (Å²) in [5, 5.41) is 11.9. The molecule has 0 aliphatic rings. The van der Waals surface area contributed by atoms with E-state index >= 15 is 0 Å². The SMILES string of the molecule is O=C(Cc1nc2ccc(C(F)(F)F)nc2s1)NCc1cccc(C(=O)O)c1. The minimum Gasteiger partial charge on any atom is -0.478 e. The Balaban J connectivity index is 1.65. The Hall–Kier alpha value is -3.01. The van der Waals surface area contributed by atoms with Crippen molar-refractivity contribution in [3.05, 3.63) is 58.2 Å². The molecular formula is C17H12F3N3O3S. The van der Waals surface area contributed by atoms with Crippen LogP contribution in [0.25, 0.3) is 10.3 Å². The maximum absolute atomic E-state index is 12.7. The largest absolute Gasteiger partial charge is 0.478 e. The molecule has 0 bridgehead atoms. The minimum absolute atomic E-state index is 0.110. The van der Waals surface area contributed by atoms with Gasteiger partial charge in [-0.25, -0.2) is 14.8 Å². The number of hydrogen-bond acceptors (Lipinski definition) is 5. The summed E-state index contributed by atoms with van der Waals surface area (Å²) in [7, 11) is 0. The van der Waals surface area contributed by atoms with Gasteiger partial charge >= 0.3 is 12.1 Å². The molecule has 3 aromatic rings. The summed E-state index contributed by atoms with van der Waals surface area (Å²) in [6.07, 6.45) is -4.65. The molecule has 3 rings (SSSR count). The fourth-order valence-electron chi connectivity index (χ4n) is 2.31. The van der Waals surface area contributed by atoms with E-state index in [0.29, 0.717) is 16.1 Å². The average molecular weight is 395 g/mol. The molecule has 0 radical (unpaired) electrons. The summed E-state index contributed by atoms with van der Waals surface area (Å²) in [6.45, 7) is 0.126. The van der Waals surface area contributed by atoms with E-state index in [4.69, 9.17) is 5.11 Å². The molecule has 140 valence electrons. The van der Waals surface area contributed by atoms with Crippen molar-refractivity contribution < 1.29 is 27.9 Å². The van der Waals surface area contributed by atoms with E-state index in [-0.39, 0.29) is 29.3 Å². The zero-order valence-corrected chi connectivity index (χ0v) is 14.4. The van der Waals surface area contributed by atoms with Crippen LogP contribution in [-0.2, 0) is 23.9 Å². The number of nitrogens with zero attached hydrogens (tertiary/aromatic N) is 2. The molecule has 2 heterocycles. The molecular weight excluding hydrogens is 383 g/mol. The van der Waals surface area contributed by atoms with Crippen molar-refractivity contribution in [1.29, 1.82) is 0 Å². The predicted molar refractivity (Wildman–Crippen MR) is 91.4 cm³/mol. The van der Waals surface area contributed by atoms with Gasteiger partial charge in [-0.2, -0.15) is 13.2 Å². The third kappa shape index (κ3) is 4.59. The third-order valence-corrected chi connectivity index (χ3v) is 4.53. The van der Waals surface area contributed by atoms with Crippen molar-refractivity contribution in [2.75, 3.05) is 0 Å². The highest BCUT2D eigenvalue weighted by Crippen LogP contribution is 2.30. The first kappa shape index (κ1) is 18.8. The van der Waals surface area contributed by atoms with Gasteiger partial charge in [-0.05, 0) is 29.8 Å². The molecule has 0 aliphatic heterocycles. The number of carboxylic acids is 1. The predicted octanol–water partition coefficient (Wildman–Crippen LogP) is 3.27. The first-order valence-corrected chi connectivity index (χ1v) is 8.46. The van der Waals surface area contributed by atoms with Crippen LogP contribution < -0.4 is 5.32 Å². The number of hydrogen-bond donors (Lipinski definition) is 2. The summed E-state index contributed by atoms with van der Waals surface area (Å²) < 4.78 is 38.1. The summed E-state index contributed by atoms with van der Waals surface area (Å²) in [5.41, 5.74) is 0.0152. The monoisotopic (exact) mass is 395 g/mol. The van der Waals surface area contributed by atoms with E-state index in [1.165, 1.54) is 18.2 Å². The first-order valence-electron chi connectivity index (χ1n) is 7.65. The second-order valence-electron chi connectivity index (χ2n) is 5.59. The van der Waals surface area contributed by atoms with Crippen LogP contribution in [0.1, 0.15) is 26.6 Å². The lowest BCUT2D eigenvalue weighted by Gasteiger charge is -2.05. The Morgan fingerprint density at radius 3 is 2.63 bits per heavy atom. The maximum Gasteiger partial charge on any atom is 0.433 e. The number of carbonyl (C=O) groups is 2. The Labute approximate surface area is 154 Å². The molecule has 0 unspecified atom stereocenters. The Morgan fingerprint density at radius 2 is 1.93 bits per heavy atom. The van der Waals surface area contributed by atoms with Gasteiger partial charge in [0, 0.05) is 6.54 Å². The third-order valence-electron chi connectivity index (χ3n) is 3.57. The summed E-state index contributed by atoms with van der Waals surface area (Å²) in [6, 6.07) is 8.21. The Bertz CT molecular complexity index is 1020. The highest BCUT2D eigenvalue weighted by Gasteiger charge is 2.32. The van der Waals surface area contributed by atoms with E-state index in [9.17, 15) is 22.8 Å². The number of carboxylic acid groups (broad SMARTS) is 1. The van der Waals surface area contributed by atoms with Gasteiger partial charge < -0.3 is 10.4 Å². The lowest BCUT2D eigenvalue weighted by molar-refractivity contribution is -0.140. The van der Waals surface area contributed by atoms with Crippen LogP contribution in [0.3, 0.4) is 0 Å². The van der Waals surface area contributed by atoms with Crippen molar-refractivity contribution in [3.63, 3.8) is 0 Å². The Morgan fingerprint density at radius 1 is 1.15 bits per heavy atom. The number of rotatable bonds is 5. The molecule has 1 aromatic carbocycles. The summed E-state index contributed by atoms with van der Waals surface area (Å²) >= 11 is 0.923. The van der Waals surface area contributed by atoms with Crippen LogP contribution in [0.2, 0.25) is 0 Å². The first-order chi connectivity index (χ1) is 12.7. The molecule has 2 aromatic heterocycles. The maximum atomic E-state index is 12.7. The number of fused-ring (bicyclic) bond motifs is 1. The standard InChI is InChI=1S/C17H12F3N3O3S/c18-17(19,20)12-5-4-11-15(23-12)27-14(22-11)7-13(24)21-8-9-2-1-3-10(6-9)16(25)26/h1-6H,7-8H2,(H,21,24)(H,25,26). The molecule has 0 saturated carbocycles. The number of halogens is 3. The number of benzene rings is 1. The van der Waals surface area contributed by atoms with Gasteiger partial charge in [0.15, 0.2) is 0 Å². The number of nitrogens with one attached hydrogen (secondary N) is 1. The second-order valence-corrected chi connectivity index (χ2v) is 6.65. The molecule has 1 amide bonds. The molecule has 0 fully saturated rings. The van der Waals surface area contributed by atoms with E-state index in [1.54, 1.807) is 12.1 Å². The van der Waals surface area contributed by atoms with Gasteiger partial charge in [-0.1, -0.05) is 23.5 Å². The highest BCUT2D eigenvalue weighted by atomic mass is 32.1. The molecule has 2 N–H and O–H groups in total. The summed E-state index contributed by atoms with van der Waals surface area (Å²) in [4.78, 5) is 30.7. The number of amides is 1. The van der Waals surface area contributed by atoms with Crippen molar-refractivity contribution in [2.24, 2.45) is 0 Å². The van der Waals surface area contributed by atoms with Crippen molar-refractivity contribution in [1.82, 2.24) is 15.3 Å².